The lowest BCUT2D eigenvalue weighted by molar-refractivity contribution is -0.151. The zero-order valence-corrected chi connectivity index (χ0v) is 8.75. The molecule has 15 heavy (non-hydrogen) atoms. The van der Waals surface area contributed by atoms with E-state index in [4.69, 9.17) is 11.5 Å². The van der Waals surface area contributed by atoms with Crippen LogP contribution in [0.3, 0.4) is 0 Å². The van der Waals surface area contributed by atoms with Crippen molar-refractivity contribution in [3.05, 3.63) is 0 Å². The SMILES string of the molecule is C#CC(=O)NC1CCCCC1(C)C(=O)O. The molecular formula is C11H15NO3. The Kier molecular flexibility index (Phi) is 3.35. The second-order valence-electron chi connectivity index (χ2n) is 4.14. The normalized spacial score (nSPS) is 30.3. The summed E-state index contributed by atoms with van der Waals surface area (Å²) in [4.78, 5) is 22.2. The van der Waals surface area contributed by atoms with Crippen molar-refractivity contribution in [1.82, 2.24) is 5.32 Å². The fraction of sp³-hybridized carbons (Fsp3) is 0.636. The van der Waals surface area contributed by atoms with E-state index in [1.807, 2.05) is 5.92 Å². The van der Waals surface area contributed by atoms with Gasteiger partial charge < -0.3 is 10.4 Å². The van der Waals surface area contributed by atoms with E-state index in [-0.39, 0.29) is 6.04 Å². The van der Waals surface area contributed by atoms with Gasteiger partial charge in [-0.1, -0.05) is 12.8 Å². The number of terminal acetylenes is 1. The number of carboxylic acid groups (broad SMARTS) is 1. The number of carbonyl (C=O) groups excluding carboxylic acids is 1. The minimum atomic E-state index is -0.884. The molecule has 0 aliphatic heterocycles. The van der Waals surface area contributed by atoms with Crippen molar-refractivity contribution in [2.75, 3.05) is 0 Å². The second-order valence-corrected chi connectivity index (χ2v) is 4.14. The van der Waals surface area contributed by atoms with E-state index in [0.717, 1.165) is 12.8 Å². The number of aliphatic carboxylic acids is 1. The van der Waals surface area contributed by atoms with Crippen LogP contribution in [-0.2, 0) is 9.59 Å². The van der Waals surface area contributed by atoms with Gasteiger partial charge in [-0.2, -0.15) is 0 Å². The van der Waals surface area contributed by atoms with Gasteiger partial charge in [0.2, 0.25) is 0 Å². The van der Waals surface area contributed by atoms with Crippen LogP contribution in [-0.4, -0.2) is 23.0 Å². The third kappa shape index (κ3) is 2.30. The van der Waals surface area contributed by atoms with Gasteiger partial charge in [0.05, 0.1) is 5.41 Å². The maximum absolute atomic E-state index is 11.2. The number of hydrogen-bond donors (Lipinski definition) is 2. The number of nitrogens with one attached hydrogen (secondary N) is 1. The van der Waals surface area contributed by atoms with Crippen LogP contribution in [0.2, 0.25) is 0 Å². The van der Waals surface area contributed by atoms with Gasteiger partial charge in [-0.05, 0) is 25.7 Å². The average molecular weight is 209 g/mol. The number of hydrogen-bond acceptors (Lipinski definition) is 2. The first kappa shape index (κ1) is 11.6. The van der Waals surface area contributed by atoms with Gasteiger partial charge in [-0.25, -0.2) is 0 Å². The quantitative estimate of drug-likeness (QED) is 0.660. The highest BCUT2D eigenvalue weighted by molar-refractivity contribution is 5.93. The predicted octanol–water partition coefficient (Wildman–Crippen LogP) is 0.769. The van der Waals surface area contributed by atoms with Crippen LogP contribution < -0.4 is 5.32 Å². The van der Waals surface area contributed by atoms with Crippen molar-refractivity contribution in [2.45, 2.75) is 38.6 Å². The van der Waals surface area contributed by atoms with Crippen molar-refractivity contribution in [3.8, 4) is 12.3 Å². The van der Waals surface area contributed by atoms with E-state index in [1.54, 1.807) is 6.92 Å². The lowest BCUT2D eigenvalue weighted by atomic mass is 9.71. The Hall–Kier alpha value is -1.50. The van der Waals surface area contributed by atoms with Crippen molar-refractivity contribution >= 4 is 11.9 Å². The van der Waals surface area contributed by atoms with Crippen LogP contribution in [0.1, 0.15) is 32.6 Å². The second kappa shape index (κ2) is 4.35. The van der Waals surface area contributed by atoms with Crippen LogP contribution >= 0.6 is 0 Å². The van der Waals surface area contributed by atoms with Gasteiger partial charge in [0.15, 0.2) is 0 Å². The van der Waals surface area contributed by atoms with E-state index < -0.39 is 17.3 Å². The van der Waals surface area contributed by atoms with Crippen molar-refractivity contribution < 1.29 is 14.7 Å². The van der Waals surface area contributed by atoms with Gasteiger partial charge >= 0.3 is 5.97 Å². The first-order valence-corrected chi connectivity index (χ1v) is 5.01. The summed E-state index contributed by atoms with van der Waals surface area (Å²) in [5, 5.41) is 11.7. The molecule has 2 atom stereocenters. The fourth-order valence-corrected chi connectivity index (χ4v) is 2.02. The molecule has 0 heterocycles. The van der Waals surface area contributed by atoms with Gasteiger partial charge in [0.25, 0.3) is 5.91 Å². The monoisotopic (exact) mass is 209 g/mol. The first-order valence-electron chi connectivity index (χ1n) is 5.01. The Morgan fingerprint density at radius 3 is 2.73 bits per heavy atom. The zero-order valence-electron chi connectivity index (χ0n) is 8.75. The predicted molar refractivity (Wildman–Crippen MR) is 55.0 cm³/mol. The summed E-state index contributed by atoms with van der Waals surface area (Å²) in [6.45, 7) is 1.66. The number of carboxylic acids is 1. The van der Waals surface area contributed by atoms with E-state index in [1.165, 1.54) is 0 Å². The Morgan fingerprint density at radius 1 is 1.53 bits per heavy atom. The van der Waals surface area contributed by atoms with Crippen LogP contribution in [0.25, 0.3) is 0 Å². The Balaban J connectivity index is 2.79. The molecule has 0 spiro atoms. The van der Waals surface area contributed by atoms with E-state index >= 15 is 0 Å². The molecule has 0 aromatic heterocycles. The largest absolute Gasteiger partial charge is 0.481 e. The molecule has 1 aliphatic rings. The minimum Gasteiger partial charge on any atom is -0.481 e. The van der Waals surface area contributed by atoms with Crippen molar-refractivity contribution in [3.63, 3.8) is 0 Å². The molecule has 4 nitrogen and oxygen atoms in total. The summed E-state index contributed by atoms with van der Waals surface area (Å²) in [7, 11) is 0. The molecule has 0 radical (unpaired) electrons. The fourth-order valence-electron chi connectivity index (χ4n) is 2.02. The number of amides is 1. The third-order valence-corrected chi connectivity index (χ3v) is 3.13. The number of rotatable bonds is 2. The minimum absolute atomic E-state index is 0.354. The molecule has 1 saturated carbocycles. The highest BCUT2D eigenvalue weighted by Crippen LogP contribution is 2.36. The van der Waals surface area contributed by atoms with E-state index in [0.29, 0.717) is 12.8 Å². The average Bonchev–Trinajstić information content (AvgIpc) is 2.21. The maximum Gasteiger partial charge on any atom is 0.311 e. The third-order valence-electron chi connectivity index (χ3n) is 3.13. The first-order chi connectivity index (χ1) is 7.00. The number of carbonyl (C=O) groups is 2. The highest BCUT2D eigenvalue weighted by atomic mass is 16.4. The summed E-state index contributed by atoms with van der Waals surface area (Å²) in [6, 6.07) is -0.354. The van der Waals surface area contributed by atoms with Gasteiger partial charge in [-0.15, -0.1) is 6.42 Å². The van der Waals surface area contributed by atoms with Crippen LogP contribution in [0.15, 0.2) is 0 Å². The molecule has 2 unspecified atom stereocenters. The summed E-state index contributed by atoms with van der Waals surface area (Å²) in [5.41, 5.74) is -0.884. The molecule has 82 valence electrons. The highest BCUT2D eigenvalue weighted by Gasteiger charge is 2.43. The van der Waals surface area contributed by atoms with Gasteiger partial charge in [0, 0.05) is 6.04 Å². The van der Waals surface area contributed by atoms with Gasteiger partial charge in [0.1, 0.15) is 0 Å². The zero-order chi connectivity index (χ0) is 11.5. The molecular weight excluding hydrogens is 194 g/mol. The van der Waals surface area contributed by atoms with Crippen LogP contribution in [0.4, 0.5) is 0 Å². The molecule has 1 fully saturated rings. The Morgan fingerprint density at radius 2 is 2.20 bits per heavy atom. The molecule has 0 aromatic carbocycles. The van der Waals surface area contributed by atoms with Crippen molar-refractivity contribution in [2.24, 2.45) is 5.41 Å². The summed E-state index contributed by atoms with van der Waals surface area (Å²) in [5.74, 6) is 0.542. The molecule has 1 aliphatic carbocycles. The molecule has 0 bridgehead atoms. The molecule has 0 saturated heterocycles. The van der Waals surface area contributed by atoms with Crippen molar-refractivity contribution in [1.29, 1.82) is 0 Å². The Labute approximate surface area is 89.0 Å². The summed E-state index contributed by atoms with van der Waals surface area (Å²) >= 11 is 0. The molecule has 4 heteroatoms. The molecule has 1 amide bonds. The van der Waals surface area contributed by atoms with E-state index in [2.05, 4.69) is 5.32 Å². The Bertz CT molecular complexity index is 318. The van der Waals surface area contributed by atoms with Crippen LogP contribution in [0, 0.1) is 17.8 Å². The standard InChI is InChI=1S/C11H15NO3/c1-3-9(13)12-8-6-4-5-7-11(8,2)10(14)15/h1,8H,4-7H2,2H3,(H,12,13)(H,14,15). The molecule has 1 rings (SSSR count). The lowest BCUT2D eigenvalue weighted by Crippen LogP contribution is -2.51. The molecule has 0 aromatic rings. The van der Waals surface area contributed by atoms with E-state index in [9.17, 15) is 9.59 Å². The summed E-state index contributed by atoms with van der Waals surface area (Å²) in [6.07, 6.45) is 8.01. The summed E-state index contributed by atoms with van der Waals surface area (Å²) < 4.78 is 0. The molecule has 2 N–H and O–H groups in total. The smallest absolute Gasteiger partial charge is 0.311 e. The lowest BCUT2D eigenvalue weighted by Gasteiger charge is -2.37. The topological polar surface area (TPSA) is 66.4 Å². The van der Waals surface area contributed by atoms with Crippen LogP contribution in [0.5, 0.6) is 0 Å². The maximum atomic E-state index is 11.2. The van der Waals surface area contributed by atoms with Gasteiger partial charge in [-0.3, -0.25) is 9.59 Å².